The van der Waals surface area contributed by atoms with E-state index in [1.54, 1.807) is 6.08 Å². The van der Waals surface area contributed by atoms with Crippen molar-refractivity contribution in [2.45, 2.75) is 26.7 Å². The van der Waals surface area contributed by atoms with Crippen LogP contribution in [-0.2, 0) is 9.59 Å². The number of benzene rings is 2. The van der Waals surface area contributed by atoms with Crippen LogP contribution in [0.4, 0.5) is 4.79 Å². The minimum absolute atomic E-state index is 0.115. The summed E-state index contributed by atoms with van der Waals surface area (Å²) in [7, 11) is 0. The van der Waals surface area contributed by atoms with Gasteiger partial charge in [-0.1, -0.05) is 56.3 Å². The first-order valence-electron chi connectivity index (χ1n) is 10.2. The van der Waals surface area contributed by atoms with Gasteiger partial charge >= 0.3 is 0 Å². The van der Waals surface area contributed by atoms with Crippen LogP contribution < -0.4 is 10.1 Å². The summed E-state index contributed by atoms with van der Waals surface area (Å²) in [6.45, 7) is 6.29. The van der Waals surface area contributed by atoms with Crippen molar-refractivity contribution < 1.29 is 19.1 Å². The zero-order valence-electron chi connectivity index (χ0n) is 17.9. The lowest BCUT2D eigenvalue weighted by Crippen LogP contribution is -2.38. The van der Waals surface area contributed by atoms with Gasteiger partial charge in [0.05, 0.1) is 4.91 Å². The second-order valence-electron chi connectivity index (χ2n) is 7.56. The van der Waals surface area contributed by atoms with Crippen molar-refractivity contribution in [1.82, 2.24) is 10.2 Å². The molecule has 6 nitrogen and oxygen atoms in total. The van der Waals surface area contributed by atoms with E-state index in [4.69, 9.17) is 4.74 Å². The third-order valence-corrected chi connectivity index (χ3v) is 5.77. The predicted molar refractivity (Wildman–Crippen MR) is 123 cm³/mol. The molecule has 1 heterocycles. The van der Waals surface area contributed by atoms with E-state index in [0.717, 1.165) is 33.4 Å². The number of ether oxygens (including phenoxy) is 1. The molecule has 162 valence electrons. The number of amides is 3. The largest absolute Gasteiger partial charge is 0.483 e. The summed E-state index contributed by atoms with van der Waals surface area (Å²) >= 11 is 0.909. The van der Waals surface area contributed by atoms with Crippen LogP contribution >= 0.6 is 11.8 Å². The van der Waals surface area contributed by atoms with Crippen LogP contribution in [0.5, 0.6) is 5.75 Å². The molecule has 0 unspecified atom stereocenters. The number of carbonyl (C=O) groups is 3. The van der Waals surface area contributed by atoms with Crippen LogP contribution in [0.25, 0.3) is 6.08 Å². The molecule has 1 saturated heterocycles. The Morgan fingerprint density at radius 1 is 1.16 bits per heavy atom. The highest BCUT2D eigenvalue weighted by Crippen LogP contribution is 2.31. The quantitative estimate of drug-likeness (QED) is 0.620. The summed E-state index contributed by atoms with van der Waals surface area (Å²) in [5, 5.41) is 2.37. The predicted octanol–water partition coefficient (Wildman–Crippen LogP) is 4.35. The molecule has 1 fully saturated rings. The first-order valence-corrected chi connectivity index (χ1v) is 11.0. The molecule has 1 N–H and O–H groups in total. The topological polar surface area (TPSA) is 75.7 Å². The molecule has 3 amide bonds. The fourth-order valence-corrected chi connectivity index (χ4v) is 3.89. The third kappa shape index (κ3) is 5.98. The number of rotatable bonds is 8. The summed E-state index contributed by atoms with van der Waals surface area (Å²) in [4.78, 5) is 38.4. The van der Waals surface area contributed by atoms with Crippen LogP contribution in [0.15, 0.2) is 53.4 Å². The van der Waals surface area contributed by atoms with Gasteiger partial charge in [0.15, 0.2) is 6.61 Å². The lowest BCUT2D eigenvalue weighted by molar-refractivity contribution is -0.125. The second-order valence-corrected chi connectivity index (χ2v) is 8.56. The number of hydrogen-bond donors (Lipinski definition) is 1. The summed E-state index contributed by atoms with van der Waals surface area (Å²) in [5.74, 6) is 0.399. The Kier molecular flexibility index (Phi) is 7.52. The maximum Gasteiger partial charge on any atom is 0.293 e. The Labute approximate surface area is 186 Å². The normalized spacial score (nSPS) is 15.1. The highest BCUT2D eigenvalue weighted by molar-refractivity contribution is 8.18. The van der Waals surface area contributed by atoms with Gasteiger partial charge in [-0.3, -0.25) is 19.3 Å². The Bertz CT molecular complexity index is 1000. The molecule has 0 aliphatic carbocycles. The van der Waals surface area contributed by atoms with Crippen molar-refractivity contribution in [3.63, 3.8) is 0 Å². The minimum Gasteiger partial charge on any atom is -0.483 e. The molecule has 31 heavy (non-hydrogen) atoms. The summed E-state index contributed by atoms with van der Waals surface area (Å²) in [5.41, 5.74) is 2.96. The standard InChI is InChI=1S/C24H26N2O4S/c1-16(2)19-10-9-17(3)20(14-19)30-15-22(27)25-11-12-26-23(28)21(31-24(26)29)13-18-7-5-4-6-8-18/h4-10,13-14,16H,11-12,15H2,1-3H3,(H,25,27)/b21-13-. The summed E-state index contributed by atoms with van der Waals surface area (Å²) < 4.78 is 5.66. The van der Waals surface area contributed by atoms with Crippen LogP contribution in [-0.4, -0.2) is 41.6 Å². The number of hydrogen-bond acceptors (Lipinski definition) is 5. The van der Waals surface area contributed by atoms with Gasteiger partial charge in [-0.15, -0.1) is 0 Å². The van der Waals surface area contributed by atoms with Gasteiger partial charge in [0.25, 0.3) is 17.1 Å². The molecule has 0 saturated carbocycles. The molecular weight excluding hydrogens is 412 g/mol. The number of aryl methyl sites for hydroxylation is 1. The highest BCUT2D eigenvalue weighted by Gasteiger charge is 2.34. The number of carbonyl (C=O) groups excluding carboxylic acids is 3. The van der Waals surface area contributed by atoms with Crippen molar-refractivity contribution in [2.75, 3.05) is 19.7 Å². The average Bonchev–Trinajstić information content (AvgIpc) is 3.01. The van der Waals surface area contributed by atoms with Gasteiger partial charge in [0.1, 0.15) is 5.75 Å². The molecular formula is C24H26N2O4S. The zero-order valence-corrected chi connectivity index (χ0v) is 18.7. The molecule has 2 aromatic carbocycles. The van der Waals surface area contributed by atoms with Gasteiger partial charge in [-0.05, 0) is 53.4 Å². The molecule has 3 rings (SSSR count). The minimum atomic E-state index is -0.342. The maximum absolute atomic E-state index is 12.5. The van der Waals surface area contributed by atoms with E-state index in [0.29, 0.717) is 16.6 Å². The van der Waals surface area contributed by atoms with Crippen molar-refractivity contribution in [3.05, 3.63) is 70.1 Å². The third-order valence-electron chi connectivity index (χ3n) is 4.87. The molecule has 0 bridgehead atoms. The zero-order chi connectivity index (χ0) is 22.4. The lowest BCUT2D eigenvalue weighted by atomic mass is 10.0. The smallest absolute Gasteiger partial charge is 0.293 e. The highest BCUT2D eigenvalue weighted by atomic mass is 32.2. The molecule has 0 radical (unpaired) electrons. The Morgan fingerprint density at radius 3 is 2.61 bits per heavy atom. The second kappa shape index (κ2) is 10.3. The van der Waals surface area contributed by atoms with Crippen molar-refractivity contribution in [1.29, 1.82) is 0 Å². The van der Waals surface area contributed by atoms with E-state index in [1.165, 1.54) is 0 Å². The molecule has 0 atom stereocenters. The number of thioether (sulfide) groups is 1. The average molecular weight is 439 g/mol. The molecule has 1 aliphatic heterocycles. The fourth-order valence-electron chi connectivity index (χ4n) is 3.03. The first-order chi connectivity index (χ1) is 14.8. The van der Waals surface area contributed by atoms with Crippen molar-refractivity contribution in [2.24, 2.45) is 0 Å². The van der Waals surface area contributed by atoms with Gasteiger partial charge in [0, 0.05) is 13.1 Å². The Morgan fingerprint density at radius 2 is 1.90 bits per heavy atom. The first kappa shape index (κ1) is 22.6. The maximum atomic E-state index is 12.5. The van der Waals surface area contributed by atoms with Crippen molar-refractivity contribution >= 4 is 34.9 Å². The fraction of sp³-hybridized carbons (Fsp3) is 0.292. The number of nitrogens with zero attached hydrogens (tertiary/aromatic N) is 1. The summed E-state index contributed by atoms with van der Waals surface area (Å²) in [6.07, 6.45) is 1.70. The van der Waals surface area contributed by atoms with Crippen molar-refractivity contribution in [3.8, 4) is 5.75 Å². The van der Waals surface area contributed by atoms with E-state index >= 15 is 0 Å². The summed E-state index contributed by atoms with van der Waals surface area (Å²) in [6, 6.07) is 15.3. The van der Waals surface area contributed by atoms with E-state index in [9.17, 15) is 14.4 Å². The van der Waals surface area contributed by atoms with Gasteiger partial charge in [-0.2, -0.15) is 0 Å². The number of imide groups is 1. The SMILES string of the molecule is Cc1ccc(C(C)C)cc1OCC(=O)NCCN1C(=O)S/C(=C\c2ccccc2)C1=O. The van der Waals surface area contributed by atoms with Crippen LogP contribution in [0.1, 0.15) is 36.5 Å². The Hall–Kier alpha value is -3.06. The molecule has 2 aromatic rings. The lowest BCUT2D eigenvalue weighted by Gasteiger charge is -2.14. The molecule has 7 heteroatoms. The van der Waals surface area contributed by atoms with Crippen LogP contribution in [0.2, 0.25) is 0 Å². The molecule has 1 aliphatic rings. The van der Waals surface area contributed by atoms with E-state index in [2.05, 4.69) is 25.2 Å². The van der Waals surface area contributed by atoms with Crippen LogP contribution in [0.3, 0.4) is 0 Å². The van der Waals surface area contributed by atoms with Crippen LogP contribution in [0, 0.1) is 6.92 Å². The van der Waals surface area contributed by atoms with Gasteiger partial charge in [-0.25, -0.2) is 0 Å². The monoisotopic (exact) mass is 438 g/mol. The van der Waals surface area contributed by atoms with E-state index in [1.807, 2.05) is 49.4 Å². The molecule has 0 aromatic heterocycles. The van der Waals surface area contributed by atoms with E-state index in [-0.39, 0.29) is 36.7 Å². The van der Waals surface area contributed by atoms with E-state index < -0.39 is 0 Å². The number of nitrogens with one attached hydrogen (secondary N) is 1. The Balaban J connectivity index is 1.48. The van der Waals surface area contributed by atoms with Gasteiger partial charge < -0.3 is 10.1 Å². The van der Waals surface area contributed by atoms with Gasteiger partial charge in [0.2, 0.25) is 0 Å². The molecule has 0 spiro atoms.